The molecule has 0 atom stereocenters. The van der Waals surface area contributed by atoms with Crippen LogP contribution in [0.5, 0.6) is 5.88 Å². The van der Waals surface area contributed by atoms with Gasteiger partial charge in [0.15, 0.2) is 0 Å². The molecule has 0 unspecified atom stereocenters. The van der Waals surface area contributed by atoms with Gasteiger partial charge in [-0.15, -0.1) is 0 Å². The van der Waals surface area contributed by atoms with Crippen LogP contribution in [-0.4, -0.2) is 27.0 Å². The molecule has 0 amide bonds. The number of halogens is 1. The van der Waals surface area contributed by atoms with Gasteiger partial charge in [0.05, 0.1) is 12.8 Å². The molecule has 5 nitrogen and oxygen atoms in total. The number of aromatic nitrogens is 4. The van der Waals surface area contributed by atoms with Crippen LogP contribution in [0.25, 0.3) is 11.0 Å². The molecular weight excluding hydrogens is 343 g/mol. The fraction of sp³-hybridized carbons (Fsp3) is 0.143. The minimum absolute atomic E-state index is 0.280. The van der Waals surface area contributed by atoms with Gasteiger partial charge in [0.25, 0.3) is 0 Å². The number of hydrogen-bond acceptors (Lipinski definition) is 4. The van der Waals surface area contributed by atoms with Crippen molar-refractivity contribution in [2.24, 2.45) is 0 Å². The highest BCUT2D eigenvalue weighted by Gasteiger charge is 2.11. The van der Waals surface area contributed by atoms with Gasteiger partial charge in [-0.1, -0.05) is 6.07 Å². The van der Waals surface area contributed by atoms with E-state index in [1.165, 1.54) is 6.07 Å². The first kappa shape index (κ1) is 17.1. The molecule has 4 rings (SSSR count). The third-order valence-electron chi connectivity index (χ3n) is 4.35. The molecule has 1 N–H and O–H groups in total. The summed E-state index contributed by atoms with van der Waals surface area (Å²) in [7, 11) is 1.55. The van der Waals surface area contributed by atoms with E-state index in [1.807, 2.05) is 25.4 Å². The van der Waals surface area contributed by atoms with Gasteiger partial charge in [0.1, 0.15) is 11.5 Å². The highest BCUT2D eigenvalue weighted by atomic mass is 19.1. The van der Waals surface area contributed by atoms with Crippen LogP contribution in [0.2, 0.25) is 0 Å². The standard InChI is InChI=1S/C21H18FN4O/c1-13-5-17-16(12-26-21(17)25-9-13)6-15-7-18(22)19(23-11-15)8-14-3-4-20(27-2)24-10-14/h3-5,7-12H,6H2,1-2H3,(H,25,26). The van der Waals surface area contributed by atoms with E-state index in [-0.39, 0.29) is 11.5 Å². The summed E-state index contributed by atoms with van der Waals surface area (Å²) in [6.07, 6.45) is 9.30. The zero-order chi connectivity index (χ0) is 18.8. The van der Waals surface area contributed by atoms with Crippen molar-refractivity contribution < 1.29 is 9.13 Å². The Morgan fingerprint density at radius 3 is 2.74 bits per heavy atom. The number of H-pyrrole nitrogens is 1. The number of ether oxygens (including phenoxy) is 1. The molecule has 0 aliphatic rings. The SMILES string of the molecule is COc1ccc([CH]c2ncc(Cc3c[nH]c4ncc(C)cc34)cc2F)cn1. The van der Waals surface area contributed by atoms with Gasteiger partial charge in [-0.2, -0.15) is 0 Å². The first-order chi connectivity index (χ1) is 13.1. The van der Waals surface area contributed by atoms with E-state index in [1.54, 1.807) is 32.0 Å². The minimum atomic E-state index is -0.363. The average molecular weight is 361 g/mol. The third-order valence-corrected chi connectivity index (χ3v) is 4.35. The molecule has 0 spiro atoms. The molecule has 6 heteroatoms. The summed E-state index contributed by atoms with van der Waals surface area (Å²) < 4.78 is 19.6. The van der Waals surface area contributed by atoms with Gasteiger partial charge < -0.3 is 9.72 Å². The van der Waals surface area contributed by atoms with E-state index in [0.717, 1.165) is 33.3 Å². The monoisotopic (exact) mass is 361 g/mol. The highest BCUT2D eigenvalue weighted by molar-refractivity contribution is 5.80. The Labute approximate surface area is 156 Å². The molecule has 0 saturated carbocycles. The highest BCUT2D eigenvalue weighted by Crippen LogP contribution is 2.22. The molecule has 4 heterocycles. The van der Waals surface area contributed by atoms with Crippen molar-refractivity contribution in [3.8, 4) is 5.88 Å². The smallest absolute Gasteiger partial charge is 0.212 e. The van der Waals surface area contributed by atoms with Gasteiger partial charge in [-0.25, -0.2) is 14.4 Å². The molecule has 0 aliphatic carbocycles. The number of hydrogen-bond donors (Lipinski definition) is 1. The van der Waals surface area contributed by atoms with Crippen molar-refractivity contribution >= 4 is 11.0 Å². The van der Waals surface area contributed by atoms with Gasteiger partial charge in [-0.05, 0) is 41.3 Å². The first-order valence-electron chi connectivity index (χ1n) is 8.54. The predicted molar refractivity (Wildman–Crippen MR) is 101 cm³/mol. The summed E-state index contributed by atoms with van der Waals surface area (Å²) in [4.78, 5) is 15.9. The van der Waals surface area contributed by atoms with Crippen LogP contribution in [0.1, 0.15) is 27.9 Å². The van der Waals surface area contributed by atoms with Crippen LogP contribution in [-0.2, 0) is 6.42 Å². The lowest BCUT2D eigenvalue weighted by Gasteiger charge is -2.06. The Balaban J connectivity index is 1.54. The molecule has 135 valence electrons. The van der Waals surface area contributed by atoms with E-state index >= 15 is 0 Å². The number of aromatic amines is 1. The predicted octanol–water partition coefficient (Wildman–Crippen LogP) is 4.00. The summed E-state index contributed by atoms with van der Waals surface area (Å²) in [5.41, 5.74) is 4.83. The Morgan fingerprint density at radius 1 is 1.11 bits per heavy atom. The molecule has 0 aliphatic heterocycles. The van der Waals surface area contributed by atoms with Crippen molar-refractivity contribution in [3.05, 3.63) is 89.2 Å². The number of pyridine rings is 3. The maximum absolute atomic E-state index is 14.5. The van der Waals surface area contributed by atoms with Gasteiger partial charge in [0, 0.05) is 49.1 Å². The van der Waals surface area contributed by atoms with Crippen molar-refractivity contribution in [1.29, 1.82) is 0 Å². The molecule has 1 radical (unpaired) electrons. The Morgan fingerprint density at radius 2 is 2.00 bits per heavy atom. The zero-order valence-corrected chi connectivity index (χ0v) is 15.0. The van der Waals surface area contributed by atoms with Crippen LogP contribution >= 0.6 is 0 Å². The van der Waals surface area contributed by atoms with E-state index in [0.29, 0.717) is 12.3 Å². The number of aryl methyl sites for hydroxylation is 1. The van der Waals surface area contributed by atoms with Crippen molar-refractivity contribution in [2.45, 2.75) is 13.3 Å². The Hall–Kier alpha value is -3.28. The summed E-state index contributed by atoms with van der Waals surface area (Å²) in [6.45, 7) is 2.00. The number of nitrogens with one attached hydrogen (secondary N) is 1. The fourth-order valence-electron chi connectivity index (χ4n) is 2.98. The summed E-state index contributed by atoms with van der Waals surface area (Å²) in [5, 5.41) is 1.05. The van der Waals surface area contributed by atoms with Crippen molar-refractivity contribution in [3.63, 3.8) is 0 Å². The quantitative estimate of drug-likeness (QED) is 0.584. The first-order valence-corrected chi connectivity index (χ1v) is 8.54. The number of rotatable bonds is 5. The lowest BCUT2D eigenvalue weighted by atomic mass is 10.0. The van der Waals surface area contributed by atoms with Gasteiger partial charge in [0.2, 0.25) is 5.88 Å². The lowest BCUT2D eigenvalue weighted by Crippen LogP contribution is -1.98. The van der Waals surface area contributed by atoms with Gasteiger partial charge >= 0.3 is 0 Å². The Kier molecular flexibility index (Phi) is 4.54. The third kappa shape index (κ3) is 3.65. The summed E-state index contributed by atoms with van der Waals surface area (Å²) >= 11 is 0. The van der Waals surface area contributed by atoms with E-state index in [4.69, 9.17) is 4.74 Å². The van der Waals surface area contributed by atoms with E-state index < -0.39 is 0 Å². The summed E-state index contributed by atoms with van der Waals surface area (Å²) in [5.74, 6) is 0.150. The molecule has 0 fully saturated rings. The van der Waals surface area contributed by atoms with Crippen LogP contribution in [0, 0.1) is 19.2 Å². The normalized spacial score (nSPS) is 11.1. The van der Waals surface area contributed by atoms with E-state index in [9.17, 15) is 4.39 Å². The van der Waals surface area contributed by atoms with Crippen LogP contribution in [0.3, 0.4) is 0 Å². The second kappa shape index (κ2) is 7.15. The molecule has 0 saturated heterocycles. The Bertz CT molecular complexity index is 1090. The largest absolute Gasteiger partial charge is 0.481 e. The second-order valence-electron chi connectivity index (χ2n) is 6.39. The summed E-state index contributed by atoms with van der Waals surface area (Å²) in [6, 6.07) is 7.14. The van der Waals surface area contributed by atoms with Crippen molar-refractivity contribution in [1.82, 2.24) is 19.9 Å². The van der Waals surface area contributed by atoms with Crippen LogP contribution < -0.4 is 4.74 Å². The van der Waals surface area contributed by atoms with Crippen LogP contribution in [0.4, 0.5) is 4.39 Å². The maximum atomic E-state index is 14.5. The lowest BCUT2D eigenvalue weighted by molar-refractivity contribution is 0.398. The minimum Gasteiger partial charge on any atom is -0.481 e. The number of fused-ring (bicyclic) bond motifs is 1. The molecular formula is C21H18FN4O. The average Bonchev–Trinajstić information content (AvgIpc) is 3.06. The van der Waals surface area contributed by atoms with Gasteiger partial charge in [-0.3, -0.25) is 4.98 Å². The zero-order valence-electron chi connectivity index (χ0n) is 15.0. The number of methoxy groups -OCH3 is 1. The number of nitrogens with zero attached hydrogens (tertiary/aromatic N) is 3. The maximum Gasteiger partial charge on any atom is 0.212 e. The molecule has 0 aromatic carbocycles. The topological polar surface area (TPSA) is 63.7 Å². The second-order valence-corrected chi connectivity index (χ2v) is 6.39. The van der Waals surface area contributed by atoms with E-state index in [2.05, 4.69) is 26.0 Å². The molecule has 4 aromatic rings. The molecule has 0 bridgehead atoms. The van der Waals surface area contributed by atoms with Crippen LogP contribution in [0.15, 0.2) is 49.1 Å². The fourth-order valence-corrected chi connectivity index (χ4v) is 2.98. The molecule has 27 heavy (non-hydrogen) atoms. The van der Waals surface area contributed by atoms with Crippen molar-refractivity contribution in [2.75, 3.05) is 7.11 Å². The molecule has 4 aromatic heterocycles.